The molecule has 96 valence electrons. The summed E-state index contributed by atoms with van der Waals surface area (Å²) in [5.41, 5.74) is 0. The van der Waals surface area contributed by atoms with Crippen molar-refractivity contribution >= 4 is 38.9 Å². The van der Waals surface area contributed by atoms with E-state index in [1.807, 2.05) is 0 Å². The minimum absolute atomic E-state index is 0.0282. The van der Waals surface area contributed by atoms with E-state index in [2.05, 4.69) is 4.72 Å². The Kier molecular flexibility index (Phi) is 5.38. The maximum Gasteiger partial charge on any atom is 0.305 e. The van der Waals surface area contributed by atoms with E-state index in [9.17, 15) is 13.2 Å². The van der Waals surface area contributed by atoms with Crippen LogP contribution < -0.4 is 4.72 Å². The number of thiophene rings is 1. The highest BCUT2D eigenvalue weighted by Gasteiger charge is 2.22. The number of carboxylic acids is 1. The van der Waals surface area contributed by atoms with Gasteiger partial charge in [-0.3, -0.25) is 4.79 Å². The van der Waals surface area contributed by atoms with Crippen molar-refractivity contribution in [3.8, 4) is 0 Å². The van der Waals surface area contributed by atoms with Crippen molar-refractivity contribution in [1.82, 2.24) is 4.72 Å². The predicted octanol–water partition coefficient (Wildman–Crippen LogP) is 1.42. The second-order valence-corrected chi connectivity index (χ2v) is 6.52. The second kappa shape index (κ2) is 6.34. The fraction of sp³-hybridized carbons (Fsp3) is 0.444. The molecular weight excluding hydrogens is 286 g/mol. The van der Waals surface area contributed by atoms with Gasteiger partial charge in [0.2, 0.25) is 10.0 Å². The molecule has 0 aliphatic carbocycles. The summed E-state index contributed by atoms with van der Waals surface area (Å²) >= 11 is 6.68. The Balaban J connectivity index is 2.82. The smallest absolute Gasteiger partial charge is 0.305 e. The Morgan fingerprint density at radius 3 is 2.76 bits per heavy atom. The van der Waals surface area contributed by atoms with Gasteiger partial charge in [-0.15, -0.1) is 22.9 Å². The van der Waals surface area contributed by atoms with Crippen molar-refractivity contribution in [1.29, 1.82) is 0 Å². The summed E-state index contributed by atoms with van der Waals surface area (Å²) in [5.74, 6) is -1.31. The second-order valence-electron chi connectivity index (χ2n) is 3.29. The minimum Gasteiger partial charge on any atom is -0.481 e. The molecule has 0 aliphatic heterocycles. The van der Waals surface area contributed by atoms with Gasteiger partial charge in [0, 0.05) is 10.8 Å². The lowest BCUT2D eigenvalue weighted by Gasteiger charge is -2.15. The molecule has 0 aromatic carbocycles. The van der Waals surface area contributed by atoms with E-state index in [-0.39, 0.29) is 18.1 Å². The Bertz CT molecular complexity index is 457. The van der Waals surface area contributed by atoms with E-state index in [1.165, 1.54) is 11.3 Å². The molecule has 2 N–H and O–H groups in total. The van der Waals surface area contributed by atoms with Crippen LogP contribution in [0, 0.1) is 0 Å². The topological polar surface area (TPSA) is 83.5 Å². The first-order valence-corrected chi connectivity index (χ1v) is 7.82. The summed E-state index contributed by atoms with van der Waals surface area (Å²) in [6.45, 7) is 0. The molecule has 1 atom stereocenters. The fourth-order valence-corrected chi connectivity index (χ4v) is 3.67. The van der Waals surface area contributed by atoms with Crippen LogP contribution >= 0.6 is 22.9 Å². The molecule has 0 fully saturated rings. The third kappa shape index (κ3) is 5.03. The molecule has 1 aromatic rings. The third-order valence-corrected chi connectivity index (χ3v) is 4.72. The lowest BCUT2D eigenvalue weighted by atomic mass is 10.2. The van der Waals surface area contributed by atoms with Gasteiger partial charge in [-0.25, -0.2) is 13.1 Å². The van der Waals surface area contributed by atoms with E-state index < -0.39 is 22.0 Å². The normalized spacial score (nSPS) is 13.5. The van der Waals surface area contributed by atoms with Crippen LogP contribution in [0.25, 0.3) is 0 Å². The predicted molar refractivity (Wildman–Crippen MR) is 67.0 cm³/mol. The average Bonchev–Trinajstić information content (AvgIpc) is 2.67. The highest BCUT2D eigenvalue weighted by atomic mass is 35.5. The standard InChI is InChI=1S/C9H12ClNO4S2/c10-3-5-17(14,15)11-7(6-9(12)13)8-2-1-4-16-8/h1-2,4,7,11H,3,5-6H2,(H,12,13). The van der Waals surface area contributed by atoms with Crippen LogP contribution in [0.2, 0.25) is 0 Å². The zero-order chi connectivity index (χ0) is 12.9. The van der Waals surface area contributed by atoms with Crippen LogP contribution in [-0.4, -0.2) is 31.1 Å². The van der Waals surface area contributed by atoms with Crippen LogP contribution in [0.15, 0.2) is 17.5 Å². The molecule has 17 heavy (non-hydrogen) atoms. The lowest BCUT2D eigenvalue weighted by molar-refractivity contribution is -0.137. The summed E-state index contributed by atoms with van der Waals surface area (Å²) in [6, 6.07) is 2.70. The number of hydrogen-bond donors (Lipinski definition) is 2. The van der Waals surface area contributed by atoms with Crippen LogP contribution in [0.3, 0.4) is 0 Å². The first kappa shape index (κ1) is 14.4. The molecule has 0 aliphatic rings. The van der Waals surface area contributed by atoms with Crippen LogP contribution in [0.4, 0.5) is 0 Å². The quantitative estimate of drug-likeness (QED) is 0.746. The number of rotatable bonds is 7. The zero-order valence-electron chi connectivity index (χ0n) is 8.80. The fourth-order valence-electron chi connectivity index (χ4n) is 1.24. The summed E-state index contributed by atoms with van der Waals surface area (Å²) in [7, 11) is -3.54. The van der Waals surface area contributed by atoms with Crippen LogP contribution in [-0.2, 0) is 14.8 Å². The Morgan fingerprint density at radius 1 is 1.59 bits per heavy atom. The molecule has 1 rings (SSSR count). The molecule has 1 aromatic heterocycles. The molecule has 0 radical (unpaired) electrons. The Morgan fingerprint density at radius 2 is 2.29 bits per heavy atom. The van der Waals surface area contributed by atoms with Crippen molar-refractivity contribution in [3.63, 3.8) is 0 Å². The largest absolute Gasteiger partial charge is 0.481 e. The zero-order valence-corrected chi connectivity index (χ0v) is 11.2. The molecule has 1 heterocycles. The Hall–Kier alpha value is -0.630. The van der Waals surface area contributed by atoms with Gasteiger partial charge < -0.3 is 5.11 Å². The molecule has 8 heteroatoms. The Labute approximate surface area is 108 Å². The number of carbonyl (C=O) groups is 1. The molecule has 0 bridgehead atoms. The maximum atomic E-state index is 11.5. The highest BCUT2D eigenvalue weighted by molar-refractivity contribution is 7.89. The summed E-state index contributed by atoms with van der Waals surface area (Å²) < 4.78 is 25.4. The molecule has 0 amide bonds. The number of aliphatic carboxylic acids is 1. The van der Waals surface area contributed by atoms with E-state index in [1.54, 1.807) is 17.5 Å². The maximum absolute atomic E-state index is 11.5. The van der Waals surface area contributed by atoms with Gasteiger partial charge in [0.25, 0.3) is 0 Å². The summed E-state index contributed by atoms with van der Waals surface area (Å²) in [6.07, 6.45) is -0.290. The molecular formula is C9H12ClNO4S2. The van der Waals surface area contributed by atoms with Gasteiger partial charge in [0.05, 0.1) is 18.2 Å². The molecule has 0 saturated heterocycles. The van der Waals surface area contributed by atoms with E-state index in [4.69, 9.17) is 16.7 Å². The summed E-state index contributed by atoms with van der Waals surface area (Å²) in [5, 5.41) is 10.5. The number of sulfonamides is 1. The van der Waals surface area contributed by atoms with Crippen molar-refractivity contribution in [2.75, 3.05) is 11.6 Å². The minimum atomic E-state index is -3.54. The SMILES string of the molecule is O=C(O)CC(NS(=O)(=O)CCCl)c1cccs1. The number of halogens is 1. The lowest BCUT2D eigenvalue weighted by Crippen LogP contribution is -2.32. The average molecular weight is 298 g/mol. The van der Waals surface area contributed by atoms with Gasteiger partial charge in [-0.2, -0.15) is 0 Å². The van der Waals surface area contributed by atoms with Crippen molar-refractivity contribution < 1.29 is 18.3 Å². The molecule has 0 saturated carbocycles. The van der Waals surface area contributed by atoms with Crippen molar-refractivity contribution in [3.05, 3.63) is 22.4 Å². The summed E-state index contributed by atoms with van der Waals surface area (Å²) in [4.78, 5) is 11.4. The molecule has 0 spiro atoms. The molecule has 1 unspecified atom stereocenters. The van der Waals surface area contributed by atoms with Gasteiger partial charge in [-0.05, 0) is 11.4 Å². The first-order chi connectivity index (χ1) is 7.94. The first-order valence-electron chi connectivity index (χ1n) is 4.76. The van der Waals surface area contributed by atoms with Gasteiger partial charge in [0.15, 0.2) is 0 Å². The van der Waals surface area contributed by atoms with E-state index in [0.717, 1.165) is 0 Å². The van der Waals surface area contributed by atoms with Gasteiger partial charge in [-0.1, -0.05) is 6.07 Å². The van der Waals surface area contributed by atoms with Crippen molar-refractivity contribution in [2.45, 2.75) is 12.5 Å². The number of carboxylic acid groups (broad SMARTS) is 1. The number of nitrogens with one attached hydrogen (secondary N) is 1. The van der Waals surface area contributed by atoms with E-state index in [0.29, 0.717) is 4.88 Å². The number of hydrogen-bond acceptors (Lipinski definition) is 4. The van der Waals surface area contributed by atoms with Crippen LogP contribution in [0.1, 0.15) is 17.3 Å². The van der Waals surface area contributed by atoms with Crippen molar-refractivity contribution in [2.24, 2.45) is 0 Å². The van der Waals surface area contributed by atoms with Crippen LogP contribution in [0.5, 0.6) is 0 Å². The third-order valence-electron chi connectivity index (χ3n) is 1.93. The molecule has 5 nitrogen and oxygen atoms in total. The van der Waals surface area contributed by atoms with Gasteiger partial charge >= 0.3 is 5.97 Å². The monoisotopic (exact) mass is 297 g/mol. The highest BCUT2D eigenvalue weighted by Crippen LogP contribution is 2.22. The van der Waals surface area contributed by atoms with Gasteiger partial charge in [0.1, 0.15) is 0 Å². The number of alkyl halides is 1. The van der Waals surface area contributed by atoms with E-state index >= 15 is 0 Å².